The topological polar surface area (TPSA) is 73.3 Å². The summed E-state index contributed by atoms with van der Waals surface area (Å²) < 4.78 is 6.97. The maximum absolute atomic E-state index is 9.16. The fraction of sp³-hybridized carbons (Fsp3) is 0.400. The Balaban J connectivity index is 2.41. The second kappa shape index (κ2) is 6.93. The second-order valence-corrected chi connectivity index (χ2v) is 5.25. The molecular weight excluding hydrogens is 290 g/mol. The van der Waals surface area contributed by atoms with Gasteiger partial charge in [-0.3, -0.25) is 4.68 Å². The Bertz CT molecular complexity index is 613. The van der Waals surface area contributed by atoms with E-state index in [-0.39, 0.29) is 12.5 Å². The van der Waals surface area contributed by atoms with Gasteiger partial charge >= 0.3 is 0 Å². The summed E-state index contributed by atoms with van der Waals surface area (Å²) in [6.45, 7) is 2.84. The van der Waals surface area contributed by atoms with Crippen molar-refractivity contribution in [2.24, 2.45) is 5.73 Å². The SMILES string of the molecule is COc1ccc(C(CN)c2cc(C)nn2CCO)cc1Cl. The fourth-order valence-electron chi connectivity index (χ4n) is 2.45. The number of methoxy groups -OCH3 is 1. The third-order valence-electron chi connectivity index (χ3n) is 3.42. The van der Waals surface area contributed by atoms with Crippen molar-refractivity contribution in [3.8, 4) is 5.75 Å². The molecule has 1 aromatic heterocycles. The highest BCUT2D eigenvalue weighted by Crippen LogP contribution is 2.31. The molecule has 0 radical (unpaired) electrons. The quantitative estimate of drug-likeness (QED) is 0.855. The first-order valence-corrected chi connectivity index (χ1v) is 7.17. The van der Waals surface area contributed by atoms with Gasteiger partial charge < -0.3 is 15.6 Å². The van der Waals surface area contributed by atoms with Crippen molar-refractivity contribution in [2.75, 3.05) is 20.3 Å². The highest BCUT2D eigenvalue weighted by Gasteiger charge is 2.19. The lowest BCUT2D eigenvalue weighted by molar-refractivity contribution is 0.266. The number of aliphatic hydroxyl groups excluding tert-OH is 1. The Morgan fingerprint density at radius 3 is 2.76 bits per heavy atom. The molecule has 0 fully saturated rings. The standard InChI is InChI=1S/C15H20ClN3O2/c1-10-7-14(19(18-10)5-6-20)12(9-17)11-3-4-15(21-2)13(16)8-11/h3-4,7-8,12,20H,5-6,9,17H2,1-2H3. The van der Waals surface area contributed by atoms with E-state index < -0.39 is 0 Å². The molecule has 21 heavy (non-hydrogen) atoms. The zero-order valence-electron chi connectivity index (χ0n) is 12.2. The molecule has 0 saturated carbocycles. The lowest BCUT2D eigenvalue weighted by Gasteiger charge is -2.18. The number of aromatic nitrogens is 2. The highest BCUT2D eigenvalue weighted by atomic mass is 35.5. The number of benzene rings is 1. The van der Waals surface area contributed by atoms with Gasteiger partial charge in [0, 0.05) is 18.2 Å². The first-order valence-electron chi connectivity index (χ1n) is 6.79. The van der Waals surface area contributed by atoms with Gasteiger partial charge in [-0.05, 0) is 30.7 Å². The van der Waals surface area contributed by atoms with Crippen LogP contribution in [0.5, 0.6) is 5.75 Å². The van der Waals surface area contributed by atoms with Crippen molar-refractivity contribution in [1.82, 2.24) is 9.78 Å². The second-order valence-electron chi connectivity index (χ2n) is 4.84. The Hall–Kier alpha value is -1.56. The van der Waals surface area contributed by atoms with Gasteiger partial charge in [0.05, 0.1) is 31.0 Å². The molecule has 0 amide bonds. The van der Waals surface area contributed by atoms with Crippen molar-refractivity contribution < 1.29 is 9.84 Å². The fourth-order valence-corrected chi connectivity index (χ4v) is 2.71. The molecule has 3 N–H and O–H groups in total. The molecule has 1 heterocycles. The van der Waals surface area contributed by atoms with E-state index in [0.29, 0.717) is 23.9 Å². The van der Waals surface area contributed by atoms with Gasteiger partial charge in [0.1, 0.15) is 5.75 Å². The molecule has 2 aromatic rings. The van der Waals surface area contributed by atoms with Crippen LogP contribution in [0.3, 0.4) is 0 Å². The molecule has 1 unspecified atom stereocenters. The van der Waals surface area contributed by atoms with E-state index in [1.54, 1.807) is 11.8 Å². The smallest absolute Gasteiger partial charge is 0.137 e. The minimum atomic E-state index is -0.0267. The maximum atomic E-state index is 9.16. The molecular formula is C15H20ClN3O2. The van der Waals surface area contributed by atoms with Crippen molar-refractivity contribution in [3.63, 3.8) is 0 Å². The largest absolute Gasteiger partial charge is 0.495 e. The number of nitrogens with two attached hydrogens (primary N) is 1. The third kappa shape index (κ3) is 3.37. The first-order chi connectivity index (χ1) is 10.1. The predicted molar refractivity (Wildman–Crippen MR) is 83.0 cm³/mol. The van der Waals surface area contributed by atoms with E-state index in [0.717, 1.165) is 17.0 Å². The van der Waals surface area contributed by atoms with Crippen LogP contribution in [0.4, 0.5) is 0 Å². The molecule has 0 bridgehead atoms. The zero-order valence-corrected chi connectivity index (χ0v) is 13.0. The van der Waals surface area contributed by atoms with E-state index >= 15 is 0 Å². The minimum absolute atomic E-state index is 0.0267. The van der Waals surface area contributed by atoms with Gasteiger partial charge in [0.25, 0.3) is 0 Å². The number of aliphatic hydroxyl groups is 1. The van der Waals surface area contributed by atoms with E-state index in [1.807, 2.05) is 31.2 Å². The number of hydrogen-bond acceptors (Lipinski definition) is 4. The summed E-state index contributed by atoms with van der Waals surface area (Å²) in [4.78, 5) is 0. The maximum Gasteiger partial charge on any atom is 0.137 e. The Labute approximate surface area is 129 Å². The van der Waals surface area contributed by atoms with E-state index in [2.05, 4.69) is 5.10 Å². The van der Waals surface area contributed by atoms with Gasteiger partial charge in [-0.25, -0.2) is 0 Å². The average Bonchev–Trinajstić information content (AvgIpc) is 2.81. The molecule has 0 aliphatic carbocycles. The molecule has 0 aliphatic heterocycles. The summed E-state index contributed by atoms with van der Waals surface area (Å²) in [5, 5.41) is 14.1. The summed E-state index contributed by atoms with van der Waals surface area (Å²) >= 11 is 6.20. The molecule has 6 heteroatoms. The third-order valence-corrected chi connectivity index (χ3v) is 3.71. The van der Waals surface area contributed by atoms with Crippen molar-refractivity contribution in [3.05, 3.63) is 46.2 Å². The Morgan fingerprint density at radius 1 is 1.43 bits per heavy atom. The summed E-state index contributed by atoms with van der Waals surface area (Å²) in [6, 6.07) is 7.64. The lowest BCUT2D eigenvalue weighted by atomic mass is 9.95. The first kappa shape index (κ1) is 15.8. The van der Waals surface area contributed by atoms with Crippen LogP contribution in [0.25, 0.3) is 0 Å². The van der Waals surface area contributed by atoms with Crippen molar-refractivity contribution >= 4 is 11.6 Å². The zero-order chi connectivity index (χ0) is 15.4. The van der Waals surface area contributed by atoms with Gasteiger partial charge in [-0.1, -0.05) is 17.7 Å². The predicted octanol–water partition coefficient (Wildman–Crippen LogP) is 1.94. The van der Waals surface area contributed by atoms with Crippen LogP contribution in [-0.4, -0.2) is 35.1 Å². The Morgan fingerprint density at radius 2 is 2.19 bits per heavy atom. The van der Waals surface area contributed by atoms with Crippen LogP contribution in [0.1, 0.15) is 22.9 Å². The molecule has 0 spiro atoms. The van der Waals surface area contributed by atoms with Gasteiger partial charge in [0.2, 0.25) is 0 Å². The molecule has 0 aliphatic rings. The van der Waals surface area contributed by atoms with E-state index in [1.165, 1.54) is 0 Å². The van der Waals surface area contributed by atoms with E-state index in [4.69, 9.17) is 27.2 Å². The van der Waals surface area contributed by atoms with Crippen LogP contribution in [0, 0.1) is 6.92 Å². The number of ether oxygens (including phenoxy) is 1. The number of rotatable bonds is 6. The molecule has 1 atom stereocenters. The summed E-state index contributed by atoms with van der Waals surface area (Å²) in [6.07, 6.45) is 0. The van der Waals surface area contributed by atoms with Crippen molar-refractivity contribution in [2.45, 2.75) is 19.4 Å². The minimum Gasteiger partial charge on any atom is -0.495 e. The number of hydrogen-bond donors (Lipinski definition) is 2. The van der Waals surface area contributed by atoms with Crippen LogP contribution in [0.2, 0.25) is 5.02 Å². The van der Waals surface area contributed by atoms with Crippen LogP contribution >= 0.6 is 11.6 Å². The number of aryl methyl sites for hydroxylation is 1. The molecule has 114 valence electrons. The average molecular weight is 310 g/mol. The molecule has 1 aromatic carbocycles. The van der Waals surface area contributed by atoms with Crippen LogP contribution < -0.4 is 10.5 Å². The van der Waals surface area contributed by atoms with E-state index in [9.17, 15) is 0 Å². The van der Waals surface area contributed by atoms with Crippen molar-refractivity contribution in [1.29, 1.82) is 0 Å². The normalized spacial score (nSPS) is 12.4. The number of halogens is 1. The molecule has 0 saturated heterocycles. The van der Waals surface area contributed by atoms with Crippen LogP contribution in [0.15, 0.2) is 24.3 Å². The van der Waals surface area contributed by atoms with Gasteiger partial charge in [-0.2, -0.15) is 5.10 Å². The lowest BCUT2D eigenvalue weighted by Crippen LogP contribution is -2.19. The summed E-state index contributed by atoms with van der Waals surface area (Å²) in [5.41, 5.74) is 8.83. The van der Waals surface area contributed by atoms with Gasteiger partial charge in [0.15, 0.2) is 0 Å². The Kier molecular flexibility index (Phi) is 5.22. The summed E-state index contributed by atoms with van der Waals surface area (Å²) in [7, 11) is 1.58. The monoisotopic (exact) mass is 309 g/mol. The summed E-state index contributed by atoms with van der Waals surface area (Å²) in [5.74, 6) is 0.609. The molecule has 2 rings (SSSR count). The van der Waals surface area contributed by atoms with Gasteiger partial charge in [-0.15, -0.1) is 0 Å². The molecule has 5 nitrogen and oxygen atoms in total. The van der Waals surface area contributed by atoms with Crippen LogP contribution in [-0.2, 0) is 6.54 Å². The number of nitrogens with zero attached hydrogens (tertiary/aromatic N) is 2. The highest BCUT2D eigenvalue weighted by molar-refractivity contribution is 6.32.